The molecule has 11 heteroatoms. The van der Waals surface area contributed by atoms with Gasteiger partial charge < -0.3 is 39.6 Å². The quantitative estimate of drug-likeness (QED) is 0.394. The Morgan fingerprint density at radius 2 is 2.15 bits per heavy atom. The third kappa shape index (κ3) is 4.01. The van der Waals surface area contributed by atoms with Gasteiger partial charge in [-0.1, -0.05) is 6.07 Å². The topological polar surface area (TPSA) is 136 Å². The molecule has 0 aromatic heterocycles. The van der Waals surface area contributed by atoms with E-state index in [4.69, 9.17) is 18.9 Å². The summed E-state index contributed by atoms with van der Waals surface area (Å²) < 4.78 is 23.2. The molecule has 5 aliphatic rings. The summed E-state index contributed by atoms with van der Waals surface area (Å²) in [7, 11) is 3.61. The monoisotopic (exact) mass is 555 g/mol. The highest BCUT2D eigenvalue weighted by atomic mass is 16.6. The molecule has 3 N–H and O–H groups in total. The van der Waals surface area contributed by atoms with Crippen LogP contribution in [0.4, 0.5) is 0 Å². The number of carbonyl (C=O) groups excluding carboxylic acids is 3. The number of benzene rings is 1. The van der Waals surface area contributed by atoms with E-state index in [9.17, 15) is 19.5 Å². The molecule has 6 atom stereocenters. The fourth-order valence-electron chi connectivity index (χ4n) is 7.41. The molecule has 2 fully saturated rings. The second-order valence-corrected chi connectivity index (χ2v) is 11.5. The van der Waals surface area contributed by atoms with Crippen LogP contribution < -0.4 is 20.1 Å². The minimum absolute atomic E-state index is 0.0621. The summed E-state index contributed by atoms with van der Waals surface area (Å²) in [5.41, 5.74) is 0.143. The van der Waals surface area contributed by atoms with Crippen LogP contribution in [-0.2, 0) is 35.7 Å². The van der Waals surface area contributed by atoms with Gasteiger partial charge in [-0.05, 0) is 70.5 Å². The van der Waals surface area contributed by atoms with E-state index in [2.05, 4.69) is 15.5 Å². The van der Waals surface area contributed by atoms with Crippen molar-refractivity contribution in [2.45, 2.75) is 80.8 Å². The predicted octanol–water partition coefficient (Wildman–Crippen LogP) is 0.706. The minimum atomic E-state index is -1.16. The molecule has 40 heavy (non-hydrogen) atoms. The van der Waals surface area contributed by atoms with Crippen LogP contribution in [-0.4, -0.2) is 91.5 Å². The number of hydrogen-bond donors (Lipinski definition) is 3. The van der Waals surface area contributed by atoms with Crippen molar-refractivity contribution in [2.24, 2.45) is 0 Å². The van der Waals surface area contributed by atoms with Crippen LogP contribution in [0.5, 0.6) is 11.5 Å². The molecular weight excluding hydrogens is 518 g/mol. The lowest BCUT2D eigenvalue weighted by atomic mass is 9.50. The average molecular weight is 556 g/mol. The summed E-state index contributed by atoms with van der Waals surface area (Å²) in [6, 6.07) is 3.58. The van der Waals surface area contributed by atoms with Crippen molar-refractivity contribution in [3.05, 3.63) is 35.1 Å². The Bertz CT molecular complexity index is 1260. The molecule has 1 aromatic rings. The number of piperidine rings is 1. The fourth-order valence-corrected chi connectivity index (χ4v) is 7.41. The second-order valence-electron chi connectivity index (χ2n) is 11.5. The molecule has 1 amide bonds. The largest absolute Gasteiger partial charge is 0.493 e. The number of methoxy groups -OCH3 is 1. The first-order chi connectivity index (χ1) is 19.2. The van der Waals surface area contributed by atoms with Gasteiger partial charge in [0.15, 0.2) is 23.7 Å². The van der Waals surface area contributed by atoms with Crippen LogP contribution >= 0.6 is 0 Å². The number of likely N-dealkylation sites (tertiary alicyclic amines) is 1. The molecule has 0 unspecified atom stereocenters. The molecule has 6 rings (SSSR count). The molecular formula is C29H37N3O8. The summed E-state index contributed by atoms with van der Waals surface area (Å²) in [6.07, 6.45) is 3.11. The molecule has 2 aliphatic carbocycles. The van der Waals surface area contributed by atoms with Crippen molar-refractivity contribution in [1.29, 1.82) is 0 Å². The van der Waals surface area contributed by atoms with Crippen molar-refractivity contribution < 1.29 is 38.4 Å². The van der Waals surface area contributed by atoms with Crippen LogP contribution in [0, 0.1) is 0 Å². The number of amides is 1. The molecule has 2 saturated heterocycles. The highest BCUT2D eigenvalue weighted by Crippen LogP contribution is 2.65. The zero-order chi connectivity index (χ0) is 28.2. The van der Waals surface area contributed by atoms with Crippen LogP contribution in [0.3, 0.4) is 0 Å². The van der Waals surface area contributed by atoms with E-state index in [-0.39, 0.29) is 31.0 Å². The van der Waals surface area contributed by atoms with Gasteiger partial charge in [-0.25, -0.2) is 4.79 Å². The highest BCUT2D eigenvalue weighted by molar-refractivity contribution is 5.83. The Hall–Kier alpha value is -3.15. The van der Waals surface area contributed by atoms with Gasteiger partial charge >= 0.3 is 11.9 Å². The third-order valence-corrected chi connectivity index (χ3v) is 9.42. The molecule has 1 spiro atoms. The molecule has 11 nitrogen and oxygen atoms in total. The lowest BCUT2D eigenvalue weighted by Crippen LogP contribution is -2.74. The molecule has 2 bridgehead atoms. The zero-order valence-electron chi connectivity index (χ0n) is 23.2. The normalized spacial score (nSPS) is 32.3. The van der Waals surface area contributed by atoms with Crippen molar-refractivity contribution in [1.82, 2.24) is 15.5 Å². The van der Waals surface area contributed by atoms with Crippen LogP contribution in [0.25, 0.3) is 0 Å². The Morgan fingerprint density at radius 3 is 2.90 bits per heavy atom. The van der Waals surface area contributed by atoms with Crippen molar-refractivity contribution in [3.63, 3.8) is 0 Å². The number of ether oxygens (including phenoxy) is 4. The van der Waals surface area contributed by atoms with Crippen LogP contribution in [0.15, 0.2) is 24.0 Å². The van der Waals surface area contributed by atoms with Gasteiger partial charge in [0.1, 0.15) is 5.76 Å². The number of aliphatic hydroxyl groups is 1. The van der Waals surface area contributed by atoms with Crippen molar-refractivity contribution in [3.8, 4) is 11.5 Å². The zero-order valence-corrected chi connectivity index (χ0v) is 23.2. The number of rotatable bonds is 8. The van der Waals surface area contributed by atoms with Crippen LogP contribution in [0.2, 0.25) is 0 Å². The summed E-state index contributed by atoms with van der Waals surface area (Å²) in [5.74, 6) is -0.0109. The maximum absolute atomic E-state index is 13.1. The molecule has 216 valence electrons. The molecule has 0 saturated carbocycles. The first-order valence-electron chi connectivity index (χ1n) is 14.1. The lowest BCUT2D eigenvalue weighted by Gasteiger charge is -2.61. The third-order valence-electron chi connectivity index (χ3n) is 9.42. The number of nitrogens with zero attached hydrogens (tertiary/aromatic N) is 1. The Labute approximate surface area is 233 Å². The summed E-state index contributed by atoms with van der Waals surface area (Å²) in [6.45, 7) is 3.14. The van der Waals surface area contributed by atoms with E-state index in [0.717, 1.165) is 37.1 Å². The molecule has 3 aliphatic heterocycles. The van der Waals surface area contributed by atoms with Gasteiger partial charge in [0, 0.05) is 24.6 Å². The van der Waals surface area contributed by atoms with Gasteiger partial charge in [0.25, 0.3) is 0 Å². The summed E-state index contributed by atoms with van der Waals surface area (Å²) >= 11 is 0. The minimum Gasteiger partial charge on any atom is -0.493 e. The Kier molecular flexibility index (Phi) is 6.79. The second kappa shape index (κ2) is 10.0. The summed E-state index contributed by atoms with van der Waals surface area (Å²) in [4.78, 5) is 39.8. The van der Waals surface area contributed by atoms with E-state index in [0.29, 0.717) is 36.5 Å². The average Bonchev–Trinajstić information content (AvgIpc) is 3.59. The Balaban J connectivity index is 1.15. The van der Waals surface area contributed by atoms with E-state index in [1.807, 2.05) is 19.2 Å². The maximum Gasteiger partial charge on any atom is 0.352 e. The van der Waals surface area contributed by atoms with Crippen molar-refractivity contribution in [2.75, 3.05) is 33.8 Å². The number of esters is 2. The smallest absolute Gasteiger partial charge is 0.352 e. The predicted molar refractivity (Wildman–Crippen MR) is 142 cm³/mol. The lowest BCUT2D eigenvalue weighted by molar-refractivity contribution is -0.175. The standard InChI is InChI=1S/C29H37N3O8/c1-16(38-22(33)9-13-31-26(34)18-5-4-12-30-18)27(35)39-20-8-10-29(36)21-15-17-6-7-19(37-3)24-23(17)28(29,25(20)40-24)11-14-32(21)2/h6-8,16,18,21,25,30,36H,4-5,9-15H2,1-3H3,(H,31,34)/t16-,18-,21-,25-,28-,29+/m0/s1. The van der Waals surface area contributed by atoms with E-state index in [1.165, 1.54) is 6.92 Å². The number of likely N-dealkylation sites (N-methyl/N-ethyl adjacent to an activating group) is 1. The van der Waals surface area contributed by atoms with Crippen molar-refractivity contribution >= 4 is 17.8 Å². The molecule has 0 radical (unpaired) electrons. The summed E-state index contributed by atoms with van der Waals surface area (Å²) in [5, 5.41) is 18.1. The van der Waals surface area contributed by atoms with E-state index in [1.54, 1.807) is 13.2 Å². The van der Waals surface area contributed by atoms with Gasteiger partial charge in [0.05, 0.1) is 30.6 Å². The SMILES string of the molecule is COc1ccc2c3c1O[C@H]1C(OC(=O)[C@H](C)OC(=O)CCNC(=O)[C@@H]4CCCN4)=CC[C@@]4(O)[C@H](C2)N(C)CC[C@]314. The van der Waals surface area contributed by atoms with Gasteiger partial charge in [-0.15, -0.1) is 0 Å². The number of hydrogen-bond acceptors (Lipinski definition) is 10. The molecule has 3 heterocycles. The highest BCUT2D eigenvalue weighted by Gasteiger charge is 2.72. The van der Waals surface area contributed by atoms with Gasteiger partial charge in [-0.2, -0.15) is 0 Å². The van der Waals surface area contributed by atoms with Crippen LogP contribution in [0.1, 0.15) is 50.2 Å². The Morgan fingerprint density at radius 1 is 1.32 bits per heavy atom. The van der Waals surface area contributed by atoms with Gasteiger partial charge in [-0.3, -0.25) is 9.59 Å². The maximum atomic E-state index is 13.1. The van der Waals surface area contributed by atoms with E-state index >= 15 is 0 Å². The first-order valence-corrected chi connectivity index (χ1v) is 14.1. The van der Waals surface area contributed by atoms with Gasteiger partial charge in [0.2, 0.25) is 5.91 Å². The number of carbonyl (C=O) groups is 3. The first kappa shape index (κ1) is 27.0. The number of nitrogens with one attached hydrogen (secondary N) is 2. The fraction of sp³-hybridized carbons (Fsp3) is 0.621. The molecule has 1 aromatic carbocycles. The van der Waals surface area contributed by atoms with E-state index < -0.39 is 35.2 Å².